The van der Waals surface area contributed by atoms with Crippen molar-refractivity contribution in [3.05, 3.63) is 18.9 Å². The monoisotopic (exact) mass is 177 g/mol. The fourth-order valence-corrected chi connectivity index (χ4v) is 1.56. The van der Waals surface area contributed by atoms with Crippen LogP contribution >= 0.6 is 0 Å². The van der Waals surface area contributed by atoms with Crippen LogP contribution in [0.4, 0.5) is 11.5 Å². The lowest BCUT2D eigenvalue weighted by molar-refractivity contribution is 0.665. The van der Waals surface area contributed by atoms with Gasteiger partial charge in [-0.15, -0.1) is 0 Å². The van der Waals surface area contributed by atoms with Crippen LogP contribution in [0, 0.1) is 6.42 Å². The van der Waals surface area contributed by atoms with Gasteiger partial charge in [0, 0.05) is 13.1 Å². The van der Waals surface area contributed by atoms with Gasteiger partial charge in [0.2, 0.25) is 0 Å². The van der Waals surface area contributed by atoms with E-state index in [9.17, 15) is 0 Å². The average molecular weight is 177 g/mol. The van der Waals surface area contributed by atoms with Crippen molar-refractivity contribution < 1.29 is 0 Å². The van der Waals surface area contributed by atoms with E-state index in [1.807, 2.05) is 0 Å². The molecule has 2 heterocycles. The highest BCUT2D eigenvalue weighted by Crippen LogP contribution is 2.21. The lowest BCUT2D eigenvalue weighted by Crippen LogP contribution is -2.31. The van der Waals surface area contributed by atoms with E-state index in [-0.39, 0.29) is 0 Å². The minimum atomic E-state index is 0.665. The molecule has 13 heavy (non-hydrogen) atoms. The van der Waals surface area contributed by atoms with Gasteiger partial charge in [0.05, 0.1) is 11.9 Å². The zero-order valence-electron chi connectivity index (χ0n) is 7.48. The Hall–Kier alpha value is -1.32. The number of nitrogen functional groups attached to an aromatic ring is 1. The summed E-state index contributed by atoms with van der Waals surface area (Å²) in [6, 6.07) is 0. The first-order chi connectivity index (χ1) is 6.38. The topological polar surface area (TPSA) is 55.0 Å². The molecule has 0 spiro atoms. The molecule has 1 aromatic rings. The summed E-state index contributed by atoms with van der Waals surface area (Å²) in [6.45, 7) is 1.99. The SMILES string of the molecule is Nc1cncnc1N1C[CH]CCC1. The molecule has 4 heteroatoms. The van der Waals surface area contributed by atoms with Crippen LogP contribution in [-0.4, -0.2) is 23.1 Å². The van der Waals surface area contributed by atoms with Crippen LogP contribution < -0.4 is 10.6 Å². The first-order valence-corrected chi connectivity index (χ1v) is 4.50. The van der Waals surface area contributed by atoms with Gasteiger partial charge in [-0.1, -0.05) is 0 Å². The van der Waals surface area contributed by atoms with E-state index in [1.165, 1.54) is 12.8 Å². The molecule has 0 atom stereocenters. The minimum Gasteiger partial charge on any atom is -0.394 e. The zero-order valence-corrected chi connectivity index (χ0v) is 7.48. The molecular weight excluding hydrogens is 164 g/mol. The molecule has 0 bridgehead atoms. The summed E-state index contributed by atoms with van der Waals surface area (Å²) in [5.41, 5.74) is 6.44. The van der Waals surface area contributed by atoms with E-state index in [0.29, 0.717) is 5.69 Å². The second kappa shape index (κ2) is 3.60. The van der Waals surface area contributed by atoms with Gasteiger partial charge in [-0.2, -0.15) is 0 Å². The maximum absolute atomic E-state index is 5.77. The number of hydrogen-bond donors (Lipinski definition) is 1. The van der Waals surface area contributed by atoms with Crippen LogP contribution in [0.3, 0.4) is 0 Å². The lowest BCUT2D eigenvalue weighted by Gasteiger charge is -2.27. The van der Waals surface area contributed by atoms with E-state index in [0.717, 1.165) is 18.9 Å². The summed E-state index contributed by atoms with van der Waals surface area (Å²) in [5.74, 6) is 0.867. The van der Waals surface area contributed by atoms with Crippen molar-refractivity contribution >= 4 is 11.5 Å². The van der Waals surface area contributed by atoms with Crippen LogP contribution in [0.15, 0.2) is 12.5 Å². The Morgan fingerprint density at radius 2 is 2.38 bits per heavy atom. The summed E-state index contributed by atoms with van der Waals surface area (Å²) >= 11 is 0. The van der Waals surface area contributed by atoms with E-state index in [2.05, 4.69) is 21.3 Å². The highest BCUT2D eigenvalue weighted by atomic mass is 15.2. The minimum absolute atomic E-state index is 0.665. The summed E-state index contributed by atoms with van der Waals surface area (Å²) in [4.78, 5) is 10.2. The number of anilines is 2. The smallest absolute Gasteiger partial charge is 0.155 e. The van der Waals surface area contributed by atoms with E-state index in [1.54, 1.807) is 12.5 Å². The number of nitrogens with zero attached hydrogens (tertiary/aromatic N) is 3. The van der Waals surface area contributed by atoms with Crippen molar-refractivity contribution in [2.45, 2.75) is 12.8 Å². The number of aromatic nitrogens is 2. The highest BCUT2D eigenvalue weighted by Gasteiger charge is 2.14. The maximum atomic E-state index is 5.77. The molecule has 1 aliphatic heterocycles. The number of piperidine rings is 1. The molecule has 1 fully saturated rings. The third-order valence-corrected chi connectivity index (χ3v) is 2.20. The molecular formula is C9H13N4. The largest absolute Gasteiger partial charge is 0.394 e. The molecule has 0 amide bonds. The highest BCUT2D eigenvalue weighted by molar-refractivity contribution is 5.61. The summed E-state index contributed by atoms with van der Waals surface area (Å²) in [7, 11) is 0. The summed E-state index contributed by atoms with van der Waals surface area (Å²) in [6.07, 6.45) is 7.83. The van der Waals surface area contributed by atoms with Crippen LogP contribution in [0.25, 0.3) is 0 Å². The van der Waals surface area contributed by atoms with Crippen LogP contribution in [0.5, 0.6) is 0 Å². The van der Waals surface area contributed by atoms with E-state index < -0.39 is 0 Å². The van der Waals surface area contributed by atoms with Crippen molar-refractivity contribution in [1.82, 2.24) is 9.97 Å². The standard InChI is InChI=1S/C9H13N4/c10-8-6-11-7-12-9(8)13-4-2-1-3-5-13/h2,6-7H,1,3-5,10H2. The fraction of sp³-hybridized carbons (Fsp3) is 0.444. The molecule has 0 unspecified atom stereocenters. The van der Waals surface area contributed by atoms with Gasteiger partial charge in [-0.3, -0.25) is 0 Å². The van der Waals surface area contributed by atoms with Gasteiger partial charge >= 0.3 is 0 Å². The summed E-state index contributed by atoms with van der Waals surface area (Å²) < 4.78 is 0. The molecule has 1 radical (unpaired) electrons. The Morgan fingerprint density at radius 1 is 1.46 bits per heavy atom. The molecule has 4 nitrogen and oxygen atoms in total. The molecule has 2 rings (SSSR count). The normalized spacial score (nSPS) is 17.4. The fourth-order valence-electron chi connectivity index (χ4n) is 1.56. The molecule has 1 saturated heterocycles. The van der Waals surface area contributed by atoms with E-state index >= 15 is 0 Å². The van der Waals surface area contributed by atoms with Crippen molar-refractivity contribution in [3.63, 3.8) is 0 Å². The Balaban J connectivity index is 2.18. The van der Waals surface area contributed by atoms with Crippen molar-refractivity contribution in [2.75, 3.05) is 23.7 Å². The molecule has 0 aliphatic carbocycles. The molecule has 0 aromatic carbocycles. The Kier molecular flexibility index (Phi) is 2.29. The molecule has 69 valence electrons. The van der Waals surface area contributed by atoms with Gasteiger partial charge in [0.15, 0.2) is 5.82 Å². The second-order valence-corrected chi connectivity index (χ2v) is 3.18. The Bertz CT molecular complexity index is 281. The number of nitrogens with two attached hydrogens (primary N) is 1. The van der Waals surface area contributed by atoms with Gasteiger partial charge in [-0.05, 0) is 19.3 Å². The average Bonchev–Trinajstić information content (AvgIpc) is 2.20. The maximum Gasteiger partial charge on any atom is 0.155 e. The van der Waals surface area contributed by atoms with Crippen LogP contribution in [0.2, 0.25) is 0 Å². The quantitative estimate of drug-likeness (QED) is 0.691. The van der Waals surface area contributed by atoms with Crippen molar-refractivity contribution in [3.8, 4) is 0 Å². The third kappa shape index (κ3) is 1.71. The predicted octanol–water partition coefficient (Wildman–Crippen LogP) is 0.863. The van der Waals surface area contributed by atoms with Crippen molar-refractivity contribution in [2.24, 2.45) is 0 Å². The van der Waals surface area contributed by atoms with Crippen LogP contribution in [0.1, 0.15) is 12.8 Å². The van der Waals surface area contributed by atoms with Gasteiger partial charge < -0.3 is 10.6 Å². The molecule has 1 aliphatic rings. The van der Waals surface area contributed by atoms with Gasteiger partial charge in [0.25, 0.3) is 0 Å². The number of hydrogen-bond acceptors (Lipinski definition) is 4. The first kappa shape index (κ1) is 8.29. The first-order valence-electron chi connectivity index (χ1n) is 4.50. The Morgan fingerprint density at radius 3 is 3.08 bits per heavy atom. The predicted molar refractivity (Wildman–Crippen MR) is 52.2 cm³/mol. The van der Waals surface area contributed by atoms with Gasteiger partial charge in [-0.25, -0.2) is 9.97 Å². The van der Waals surface area contributed by atoms with E-state index in [4.69, 9.17) is 5.73 Å². The molecule has 2 N–H and O–H groups in total. The number of rotatable bonds is 1. The van der Waals surface area contributed by atoms with Crippen molar-refractivity contribution in [1.29, 1.82) is 0 Å². The van der Waals surface area contributed by atoms with Crippen LogP contribution in [-0.2, 0) is 0 Å². The zero-order chi connectivity index (χ0) is 9.10. The second-order valence-electron chi connectivity index (χ2n) is 3.18. The third-order valence-electron chi connectivity index (χ3n) is 2.20. The Labute approximate surface area is 77.8 Å². The lowest BCUT2D eigenvalue weighted by atomic mass is 10.1. The summed E-state index contributed by atoms with van der Waals surface area (Å²) in [5, 5.41) is 0. The molecule has 1 aromatic heterocycles. The molecule has 0 saturated carbocycles. The van der Waals surface area contributed by atoms with Gasteiger partial charge in [0.1, 0.15) is 6.33 Å².